The molecule has 0 aliphatic rings. The summed E-state index contributed by atoms with van der Waals surface area (Å²) in [5, 5.41) is 10.6. The zero-order chi connectivity index (χ0) is 13.1. The molecular weight excluding hydrogens is 254 g/mol. The van der Waals surface area contributed by atoms with Crippen molar-refractivity contribution in [2.75, 3.05) is 11.1 Å². The number of carbonyl (C=O) groups excluding carboxylic acids is 1. The number of hydrogen-bond acceptors (Lipinski definition) is 4. The van der Waals surface area contributed by atoms with Gasteiger partial charge in [0.15, 0.2) is 5.82 Å². The molecule has 6 nitrogen and oxygen atoms in total. The number of aryl methyl sites for hydroxylation is 1. The summed E-state index contributed by atoms with van der Waals surface area (Å²) >= 11 is 5.87. The molecule has 0 fully saturated rings. The van der Waals surface area contributed by atoms with Crippen molar-refractivity contribution in [3.63, 3.8) is 0 Å². The van der Waals surface area contributed by atoms with E-state index in [0.29, 0.717) is 10.7 Å². The molecular formula is C11H12ClN5O. The van der Waals surface area contributed by atoms with Gasteiger partial charge in [0.2, 0.25) is 5.91 Å². The summed E-state index contributed by atoms with van der Waals surface area (Å²) in [6.07, 6.45) is 1.49. The zero-order valence-electron chi connectivity index (χ0n) is 9.72. The van der Waals surface area contributed by atoms with Crippen LogP contribution in [0.3, 0.4) is 0 Å². The molecule has 0 bridgehead atoms. The number of nitrogen functional groups attached to an aromatic ring is 1. The lowest BCUT2D eigenvalue weighted by atomic mass is 10.2. The standard InChI is InChI=1S/C11H12ClN5O/c1-7-2-3-8(12)4-9(7)14-11(18)6-17-5-10(13)15-16-17/h2-5H,6,13H2,1H3,(H,14,18). The molecule has 1 heterocycles. The highest BCUT2D eigenvalue weighted by Gasteiger charge is 2.07. The molecule has 0 radical (unpaired) electrons. The van der Waals surface area contributed by atoms with E-state index in [1.54, 1.807) is 12.1 Å². The summed E-state index contributed by atoms with van der Waals surface area (Å²) in [6, 6.07) is 5.31. The fraction of sp³-hybridized carbons (Fsp3) is 0.182. The van der Waals surface area contributed by atoms with Gasteiger partial charge in [-0.25, -0.2) is 4.68 Å². The number of carbonyl (C=O) groups is 1. The smallest absolute Gasteiger partial charge is 0.246 e. The quantitative estimate of drug-likeness (QED) is 0.880. The molecule has 0 aliphatic heterocycles. The highest BCUT2D eigenvalue weighted by molar-refractivity contribution is 6.31. The summed E-state index contributed by atoms with van der Waals surface area (Å²) in [5.74, 6) is 0.0620. The maximum absolute atomic E-state index is 11.8. The van der Waals surface area contributed by atoms with E-state index in [2.05, 4.69) is 15.6 Å². The van der Waals surface area contributed by atoms with E-state index in [9.17, 15) is 4.79 Å². The fourth-order valence-electron chi connectivity index (χ4n) is 1.46. The number of hydrogen-bond donors (Lipinski definition) is 2. The second kappa shape index (κ2) is 5.05. The van der Waals surface area contributed by atoms with Gasteiger partial charge in [0.05, 0.1) is 6.20 Å². The highest BCUT2D eigenvalue weighted by atomic mass is 35.5. The minimum atomic E-state index is -0.217. The number of nitrogens with two attached hydrogens (primary N) is 1. The first-order chi connectivity index (χ1) is 8.54. The molecule has 0 spiro atoms. The van der Waals surface area contributed by atoms with E-state index < -0.39 is 0 Å². The van der Waals surface area contributed by atoms with Crippen molar-refractivity contribution >= 4 is 29.0 Å². The number of aromatic nitrogens is 3. The van der Waals surface area contributed by atoms with Gasteiger partial charge in [-0.1, -0.05) is 22.9 Å². The third-order valence-corrected chi connectivity index (χ3v) is 2.57. The van der Waals surface area contributed by atoms with Gasteiger partial charge in [-0.3, -0.25) is 4.79 Å². The molecule has 0 atom stereocenters. The number of nitrogens with one attached hydrogen (secondary N) is 1. The van der Waals surface area contributed by atoms with Crippen molar-refractivity contribution in [2.24, 2.45) is 0 Å². The number of amides is 1. The maximum atomic E-state index is 11.8. The van der Waals surface area contributed by atoms with Crippen LogP contribution in [-0.4, -0.2) is 20.9 Å². The molecule has 18 heavy (non-hydrogen) atoms. The van der Waals surface area contributed by atoms with E-state index in [-0.39, 0.29) is 18.3 Å². The lowest BCUT2D eigenvalue weighted by molar-refractivity contribution is -0.116. The molecule has 7 heteroatoms. The minimum absolute atomic E-state index is 0.0517. The van der Waals surface area contributed by atoms with Crippen molar-refractivity contribution < 1.29 is 4.79 Å². The predicted molar refractivity (Wildman–Crippen MR) is 69.3 cm³/mol. The molecule has 2 rings (SSSR count). The first kappa shape index (κ1) is 12.4. The Kier molecular flexibility index (Phi) is 3.47. The van der Waals surface area contributed by atoms with Crippen molar-refractivity contribution in [3.05, 3.63) is 35.0 Å². The second-order valence-electron chi connectivity index (χ2n) is 3.85. The van der Waals surface area contributed by atoms with Crippen molar-refractivity contribution in [1.82, 2.24) is 15.0 Å². The van der Waals surface area contributed by atoms with Gasteiger partial charge < -0.3 is 11.1 Å². The molecule has 0 aliphatic carbocycles. The van der Waals surface area contributed by atoms with Crippen LogP contribution in [0.15, 0.2) is 24.4 Å². The van der Waals surface area contributed by atoms with Crippen molar-refractivity contribution in [3.8, 4) is 0 Å². The summed E-state index contributed by atoms with van der Waals surface area (Å²) in [5.41, 5.74) is 7.02. The number of anilines is 2. The molecule has 94 valence electrons. The first-order valence-corrected chi connectivity index (χ1v) is 5.64. The lowest BCUT2D eigenvalue weighted by Crippen LogP contribution is -2.19. The average molecular weight is 266 g/mol. The SMILES string of the molecule is Cc1ccc(Cl)cc1NC(=O)Cn1cc(N)nn1. The zero-order valence-corrected chi connectivity index (χ0v) is 10.5. The Balaban J connectivity index is 2.05. The largest absolute Gasteiger partial charge is 0.381 e. The van der Waals surface area contributed by atoms with Crippen LogP contribution in [-0.2, 0) is 11.3 Å². The minimum Gasteiger partial charge on any atom is -0.381 e. The van der Waals surface area contributed by atoms with Crippen molar-refractivity contribution in [2.45, 2.75) is 13.5 Å². The van der Waals surface area contributed by atoms with Gasteiger partial charge in [0.1, 0.15) is 6.54 Å². The molecule has 1 aromatic heterocycles. The van der Waals surface area contributed by atoms with Gasteiger partial charge in [0, 0.05) is 10.7 Å². The van der Waals surface area contributed by atoms with E-state index in [4.69, 9.17) is 17.3 Å². The lowest BCUT2D eigenvalue weighted by Gasteiger charge is -2.08. The second-order valence-corrected chi connectivity index (χ2v) is 4.28. The first-order valence-electron chi connectivity index (χ1n) is 5.26. The number of benzene rings is 1. The third-order valence-electron chi connectivity index (χ3n) is 2.34. The monoisotopic (exact) mass is 265 g/mol. The normalized spacial score (nSPS) is 10.3. The molecule has 1 aromatic carbocycles. The van der Waals surface area contributed by atoms with Gasteiger partial charge in [-0.05, 0) is 24.6 Å². The van der Waals surface area contributed by atoms with E-state index in [1.807, 2.05) is 13.0 Å². The average Bonchev–Trinajstić information content (AvgIpc) is 2.69. The van der Waals surface area contributed by atoms with Gasteiger partial charge >= 0.3 is 0 Å². The van der Waals surface area contributed by atoms with Crippen LogP contribution in [0, 0.1) is 6.92 Å². The van der Waals surface area contributed by atoms with Crippen molar-refractivity contribution in [1.29, 1.82) is 0 Å². The Labute approximate surface area is 109 Å². The van der Waals surface area contributed by atoms with Gasteiger partial charge in [0.25, 0.3) is 0 Å². The number of rotatable bonds is 3. The Bertz CT molecular complexity index is 581. The summed E-state index contributed by atoms with van der Waals surface area (Å²) in [4.78, 5) is 11.8. The summed E-state index contributed by atoms with van der Waals surface area (Å²) < 4.78 is 1.37. The van der Waals surface area contributed by atoms with Crippen LogP contribution in [0.5, 0.6) is 0 Å². The van der Waals surface area contributed by atoms with Crippen LogP contribution in [0.25, 0.3) is 0 Å². The van der Waals surface area contributed by atoms with Crippen LogP contribution in [0.2, 0.25) is 5.02 Å². The number of nitrogens with zero attached hydrogens (tertiary/aromatic N) is 3. The van der Waals surface area contributed by atoms with Crippen LogP contribution in [0.4, 0.5) is 11.5 Å². The van der Waals surface area contributed by atoms with E-state index in [0.717, 1.165) is 5.56 Å². The maximum Gasteiger partial charge on any atom is 0.246 e. The molecule has 0 saturated heterocycles. The predicted octanol–water partition coefficient (Wildman–Crippen LogP) is 1.46. The summed E-state index contributed by atoms with van der Waals surface area (Å²) in [7, 11) is 0. The fourth-order valence-corrected chi connectivity index (χ4v) is 1.63. The molecule has 0 saturated carbocycles. The molecule has 0 unspecified atom stereocenters. The van der Waals surface area contributed by atoms with Crippen LogP contribution in [0.1, 0.15) is 5.56 Å². The van der Waals surface area contributed by atoms with E-state index in [1.165, 1.54) is 10.9 Å². The Morgan fingerprint density at radius 3 is 3.00 bits per heavy atom. The molecule has 3 N–H and O–H groups in total. The highest BCUT2D eigenvalue weighted by Crippen LogP contribution is 2.20. The Hall–Kier alpha value is -2.08. The van der Waals surface area contributed by atoms with Crippen LogP contribution >= 0.6 is 11.6 Å². The Morgan fingerprint density at radius 1 is 1.56 bits per heavy atom. The topological polar surface area (TPSA) is 85.8 Å². The van der Waals surface area contributed by atoms with Gasteiger partial charge in [-0.2, -0.15) is 0 Å². The number of halogens is 1. The third kappa shape index (κ3) is 2.98. The van der Waals surface area contributed by atoms with Crippen LogP contribution < -0.4 is 11.1 Å². The Morgan fingerprint density at radius 2 is 2.33 bits per heavy atom. The van der Waals surface area contributed by atoms with Gasteiger partial charge in [-0.15, -0.1) is 5.10 Å². The molecule has 1 amide bonds. The van der Waals surface area contributed by atoms with E-state index >= 15 is 0 Å². The molecule has 2 aromatic rings. The summed E-state index contributed by atoms with van der Waals surface area (Å²) in [6.45, 7) is 1.94.